The van der Waals surface area contributed by atoms with Gasteiger partial charge in [-0.05, 0) is 111 Å². The van der Waals surface area contributed by atoms with E-state index in [0.717, 1.165) is 56.0 Å². The van der Waals surface area contributed by atoms with Gasteiger partial charge in [-0.2, -0.15) is 0 Å². The molecule has 0 spiro atoms. The average molecular weight is 1240 g/mol. The van der Waals surface area contributed by atoms with Gasteiger partial charge in [0.05, 0.1) is 91.2 Å². The molecule has 1 unspecified atom stereocenters. The SMILES string of the molecule is CCN(C(=O)Cn1c(C(=O)NC2CCC(C(=O)NCCCCCC(=O)NCCOCCOCCOCCOCCC(=O)NC(C(=O)N3C[C@@H](O)[C@H](C(=O)NCc4ccc(-c5scnc5C)cc4)C3)C(C)(C)C)CC2)cc2sccc21)c1cccc(C)c1. The number of ether oxygens (including phenoxy) is 4. The second-order valence-electron chi connectivity index (χ2n) is 23.4. The van der Waals surface area contributed by atoms with Crippen LogP contribution in [-0.2, 0) is 60.8 Å². The van der Waals surface area contributed by atoms with Gasteiger partial charge in [0.25, 0.3) is 5.91 Å². The van der Waals surface area contributed by atoms with E-state index in [2.05, 4.69) is 31.6 Å². The van der Waals surface area contributed by atoms with E-state index in [1.807, 2.05) is 118 Å². The summed E-state index contributed by atoms with van der Waals surface area (Å²) in [6, 6.07) is 18.6. The van der Waals surface area contributed by atoms with Gasteiger partial charge in [-0.25, -0.2) is 4.98 Å². The van der Waals surface area contributed by atoms with Crippen LogP contribution in [0.5, 0.6) is 0 Å². The summed E-state index contributed by atoms with van der Waals surface area (Å²) >= 11 is 3.11. The molecule has 23 heteroatoms. The number of hydrogen-bond acceptors (Lipinski definition) is 15. The third kappa shape index (κ3) is 20.8. The fraction of sp³-hybridized carbons (Fsp3) is 0.562. The molecule has 2 fully saturated rings. The number of likely N-dealkylation sites (N-methyl/N-ethyl adjacent to an activating group) is 1. The standard InChI is InChI=1S/C64H89N9O12S2/c1-7-72(49-13-11-12-43(2)36-49)57(77)41-73-51-24-35-86-54(51)37-52(73)62(80)69-48-21-19-47(20-22-48)60(78)66-25-10-8-9-14-55(75)65-26-28-83-30-32-85-34-33-84-31-29-82-27-23-56(76)70-59(64(4,5)6)63(81)71-39-50(53(74)40-71)61(79)67-38-45-15-17-46(18-16-45)58-44(3)68-42-87-58/h11-13,15-18,24,35-37,42,47-48,50,53,59,74H,7-10,14,19-23,25-34,38-41H2,1-6H3,(H,65,75)(H,66,78)(H,67,79)(H,69,80)(H,70,76)/t47?,48?,50-,53-,59?/m1/s1. The van der Waals surface area contributed by atoms with Crippen molar-refractivity contribution in [2.75, 3.05) is 90.5 Å². The lowest BCUT2D eigenvalue weighted by Crippen LogP contribution is -2.54. The number of likely N-dealkylation sites (tertiary alicyclic amines) is 1. The molecule has 87 heavy (non-hydrogen) atoms. The van der Waals surface area contributed by atoms with Gasteiger partial charge in [0.2, 0.25) is 35.4 Å². The van der Waals surface area contributed by atoms with Crippen molar-refractivity contribution < 1.29 is 57.6 Å². The molecule has 4 heterocycles. The first-order valence-electron chi connectivity index (χ1n) is 30.5. The van der Waals surface area contributed by atoms with Crippen LogP contribution in [0.15, 0.2) is 71.6 Å². The Morgan fingerprint density at radius 2 is 1.45 bits per heavy atom. The summed E-state index contributed by atoms with van der Waals surface area (Å²) in [4.78, 5) is 101. The molecule has 2 aromatic carbocycles. The van der Waals surface area contributed by atoms with Crippen LogP contribution in [0.25, 0.3) is 20.7 Å². The maximum absolute atomic E-state index is 13.7. The van der Waals surface area contributed by atoms with Crippen molar-refractivity contribution in [3.63, 3.8) is 0 Å². The number of nitrogens with one attached hydrogen (secondary N) is 5. The Hall–Kier alpha value is -6.60. The van der Waals surface area contributed by atoms with E-state index in [4.69, 9.17) is 18.9 Å². The van der Waals surface area contributed by atoms with E-state index < -0.39 is 23.5 Å². The predicted molar refractivity (Wildman–Crippen MR) is 336 cm³/mol. The van der Waals surface area contributed by atoms with E-state index in [1.165, 1.54) is 16.2 Å². The number of aromatic nitrogens is 2. The first-order valence-corrected chi connectivity index (χ1v) is 32.3. The number of hydrogen-bond donors (Lipinski definition) is 6. The maximum Gasteiger partial charge on any atom is 0.268 e. The normalized spacial score (nSPS) is 17.2. The second-order valence-corrected chi connectivity index (χ2v) is 25.2. The van der Waals surface area contributed by atoms with Crippen LogP contribution >= 0.6 is 22.7 Å². The maximum atomic E-state index is 13.7. The van der Waals surface area contributed by atoms with Crippen LogP contribution in [-0.4, -0.2) is 165 Å². The second kappa shape index (κ2) is 34.2. The molecule has 1 saturated heterocycles. The number of rotatable bonds is 34. The van der Waals surface area contributed by atoms with Crippen molar-refractivity contribution in [2.45, 2.75) is 131 Å². The highest BCUT2D eigenvalue weighted by molar-refractivity contribution is 7.17. The number of anilines is 1. The third-order valence-electron chi connectivity index (χ3n) is 15.7. The Labute approximate surface area is 519 Å². The lowest BCUT2D eigenvalue weighted by atomic mass is 9.85. The quantitative estimate of drug-likeness (QED) is 0.0235. The molecule has 474 valence electrons. The zero-order valence-electron chi connectivity index (χ0n) is 51.3. The van der Waals surface area contributed by atoms with Gasteiger partial charge < -0.3 is 65.0 Å². The summed E-state index contributed by atoms with van der Waals surface area (Å²) < 4.78 is 25.1. The number of amides is 7. The van der Waals surface area contributed by atoms with Crippen molar-refractivity contribution in [1.82, 2.24) is 41.0 Å². The van der Waals surface area contributed by atoms with Crippen LogP contribution in [0.4, 0.5) is 5.69 Å². The highest BCUT2D eigenvalue weighted by Crippen LogP contribution is 2.31. The van der Waals surface area contributed by atoms with Crippen LogP contribution in [0.1, 0.15) is 113 Å². The third-order valence-corrected chi connectivity index (χ3v) is 17.6. The van der Waals surface area contributed by atoms with Crippen LogP contribution in [0.3, 0.4) is 0 Å². The zero-order valence-corrected chi connectivity index (χ0v) is 53.0. The van der Waals surface area contributed by atoms with Gasteiger partial charge in [-0.15, -0.1) is 22.7 Å². The van der Waals surface area contributed by atoms with Crippen molar-refractivity contribution in [1.29, 1.82) is 0 Å². The molecule has 2 aliphatic rings. The van der Waals surface area contributed by atoms with Crippen molar-refractivity contribution in [3.05, 3.63) is 94.1 Å². The molecule has 7 amide bonds. The smallest absolute Gasteiger partial charge is 0.268 e. The summed E-state index contributed by atoms with van der Waals surface area (Å²) in [6.07, 6.45) is 4.39. The van der Waals surface area contributed by atoms with E-state index in [-0.39, 0.29) is 99.1 Å². The average Bonchev–Trinajstić information content (AvgIpc) is 2.19. The minimum absolute atomic E-state index is 0.0151. The molecule has 1 aliphatic heterocycles. The molecule has 3 atom stereocenters. The Morgan fingerprint density at radius 3 is 2.11 bits per heavy atom. The molecule has 0 radical (unpaired) electrons. The molecule has 0 bridgehead atoms. The number of thiazole rings is 1. The lowest BCUT2D eigenvalue weighted by Gasteiger charge is -2.33. The van der Waals surface area contributed by atoms with Crippen molar-refractivity contribution in [3.8, 4) is 10.4 Å². The Morgan fingerprint density at radius 1 is 0.747 bits per heavy atom. The number of carbonyl (C=O) groups is 7. The number of aliphatic hydroxyl groups is 1. The minimum Gasteiger partial charge on any atom is -0.390 e. The Kier molecular flexibility index (Phi) is 26.7. The van der Waals surface area contributed by atoms with Gasteiger partial charge in [0.15, 0.2) is 0 Å². The summed E-state index contributed by atoms with van der Waals surface area (Å²) in [5, 5.41) is 27.7. The fourth-order valence-corrected chi connectivity index (χ4v) is 12.4. The van der Waals surface area contributed by atoms with Gasteiger partial charge in [0, 0.05) is 69.8 Å². The molecule has 7 rings (SSSR count). The molecular weight excluding hydrogens is 1150 g/mol. The largest absolute Gasteiger partial charge is 0.390 e. The summed E-state index contributed by atoms with van der Waals surface area (Å²) in [5.74, 6) is -2.31. The van der Waals surface area contributed by atoms with Crippen LogP contribution in [0, 0.1) is 31.1 Å². The first kappa shape index (κ1) is 67.9. The van der Waals surface area contributed by atoms with Crippen LogP contribution < -0.4 is 31.5 Å². The van der Waals surface area contributed by atoms with Crippen molar-refractivity contribution in [2.24, 2.45) is 17.3 Å². The summed E-state index contributed by atoms with van der Waals surface area (Å²) in [7, 11) is 0. The number of nitrogens with zero attached hydrogens (tertiary/aromatic N) is 4. The Bertz CT molecular complexity index is 3040. The van der Waals surface area contributed by atoms with E-state index in [9.17, 15) is 38.7 Å². The monoisotopic (exact) mass is 1240 g/mol. The first-order chi connectivity index (χ1) is 41.9. The molecular formula is C64H89N9O12S2. The van der Waals surface area contributed by atoms with Crippen LogP contribution in [0.2, 0.25) is 0 Å². The number of β-amino-alcohol motifs (C(OH)–C–C–N with tert-alkyl or cyclic N) is 1. The molecule has 1 aliphatic carbocycles. The summed E-state index contributed by atoms with van der Waals surface area (Å²) in [5.41, 5.74) is 7.30. The van der Waals surface area contributed by atoms with Crippen molar-refractivity contribution >= 4 is 79.9 Å². The molecule has 3 aromatic heterocycles. The molecule has 1 saturated carbocycles. The number of carbonyl (C=O) groups excluding carboxylic acids is 7. The predicted octanol–water partition coefficient (Wildman–Crippen LogP) is 6.70. The van der Waals surface area contributed by atoms with E-state index in [0.29, 0.717) is 103 Å². The van der Waals surface area contributed by atoms with E-state index >= 15 is 0 Å². The number of fused-ring (bicyclic) bond motifs is 1. The lowest BCUT2D eigenvalue weighted by molar-refractivity contribution is -0.139. The molecule has 21 nitrogen and oxygen atoms in total. The summed E-state index contributed by atoms with van der Waals surface area (Å²) in [6.45, 7) is 15.7. The van der Waals surface area contributed by atoms with Gasteiger partial charge in [-0.3, -0.25) is 33.6 Å². The number of thiophene rings is 1. The van der Waals surface area contributed by atoms with Gasteiger partial charge >= 0.3 is 0 Å². The highest BCUT2D eigenvalue weighted by atomic mass is 32.1. The Balaban J connectivity index is 0.640. The zero-order chi connectivity index (χ0) is 62.3. The number of unbranched alkanes of at least 4 members (excludes halogenated alkanes) is 2. The van der Waals surface area contributed by atoms with Gasteiger partial charge in [-0.1, -0.05) is 63.6 Å². The number of aliphatic hydroxyl groups excluding tert-OH is 1. The fourth-order valence-electron chi connectivity index (χ4n) is 10.8. The highest BCUT2D eigenvalue weighted by Gasteiger charge is 2.43. The molecule has 6 N–H and O–H groups in total. The number of benzene rings is 2. The minimum atomic E-state index is -1.04. The van der Waals surface area contributed by atoms with Gasteiger partial charge in [0.1, 0.15) is 18.3 Å². The molecule has 5 aromatic rings. The van der Waals surface area contributed by atoms with E-state index in [1.54, 1.807) is 16.2 Å². The number of aryl methyl sites for hydroxylation is 2. The topological polar surface area (TPSA) is 261 Å².